The SMILES string of the molecule is CC(Br)c1ccc2ccccc2n1.CC(C)(C)OC=O. The fourth-order valence-corrected chi connectivity index (χ4v) is 1.70. The van der Waals surface area contributed by atoms with E-state index >= 15 is 0 Å². The predicted molar refractivity (Wildman–Crippen MR) is 86.0 cm³/mol. The van der Waals surface area contributed by atoms with E-state index in [0.717, 1.165) is 11.2 Å². The number of halogens is 1. The van der Waals surface area contributed by atoms with Crippen LogP contribution in [0.3, 0.4) is 0 Å². The molecule has 1 aromatic carbocycles. The Morgan fingerprint density at radius 1 is 1.20 bits per heavy atom. The zero-order valence-electron chi connectivity index (χ0n) is 12.3. The maximum Gasteiger partial charge on any atom is 0.293 e. The molecule has 0 saturated carbocycles. The molecule has 108 valence electrons. The van der Waals surface area contributed by atoms with Gasteiger partial charge in [0.1, 0.15) is 5.60 Å². The van der Waals surface area contributed by atoms with Crippen LogP contribution >= 0.6 is 15.9 Å². The Balaban J connectivity index is 0.000000246. The van der Waals surface area contributed by atoms with E-state index in [1.54, 1.807) is 0 Å². The van der Waals surface area contributed by atoms with E-state index in [-0.39, 0.29) is 5.60 Å². The van der Waals surface area contributed by atoms with Crippen molar-refractivity contribution in [3.8, 4) is 0 Å². The second kappa shape index (κ2) is 7.39. The number of carbonyl (C=O) groups excluding carboxylic acids is 1. The number of carbonyl (C=O) groups is 1. The Bertz CT molecular complexity index is 562. The van der Waals surface area contributed by atoms with Gasteiger partial charge in [-0.15, -0.1) is 0 Å². The maximum atomic E-state index is 9.60. The summed E-state index contributed by atoms with van der Waals surface area (Å²) in [5.74, 6) is 0. The lowest BCUT2D eigenvalue weighted by Gasteiger charge is -2.14. The van der Waals surface area contributed by atoms with E-state index in [4.69, 9.17) is 0 Å². The van der Waals surface area contributed by atoms with Gasteiger partial charge in [0.25, 0.3) is 6.47 Å². The van der Waals surface area contributed by atoms with Crippen LogP contribution in [0.25, 0.3) is 10.9 Å². The number of alkyl halides is 1. The standard InChI is InChI=1S/C11H10BrN.C5H10O2/c1-8(12)10-7-6-9-4-2-3-5-11(9)13-10;1-5(2,3)7-4-6/h2-8H,1H3;4H,1-3H3. The van der Waals surface area contributed by atoms with E-state index < -0.39 is 0 Å². The average molecular weight is 338 g/mol. The van der Waals surface area contributed by atoms with Gasteiger partial charge in [0.2, 0.25) is 0 Å². The maximum absolute atomic E-state index is 9.60. The van der Waals surface area contributed by atoms with Crippen molar-refractivity contribution in [2.45, 2.75) is 38.1 Å². The lowest BCUT2D eigenvalue weighted by molar-refractivity contribution is -0.138. The molecule has 0 bridgehead atoms. The Morgan fingerprint density at radius 2 is 1.85 bits per heavy atom. The van der Waals surface area contributed by atoms with Crippen molar-refractivity contribution in [2.75, 3.05) is 0 Å². The van der Waals surface area contributed by atoms with Gasteiger partial charge in [-0.05, 0) is 39.8 Å². The van der Waals surface area contributed by atoms with Gasteiger partial charge < -0.3 is 4.74 Å². The number of aromatic nitrogens is 1. The van der Waals surface area contributed by atoms with Crippen molar-refractivity contribution < 1.29 is 9.53 Å². The van der Waals surface area contributed by atoms with Crippen LogP contribution in [0.15, 0.2) is 36.4 Å². The quantitative estimate of drug-likeness (QED) is 0.591. The molecule has 1 unspecified atom stereocenters. The topological polar surface area (TPSA) is 39.2 Å². The number of hydrogen-bond donors (Lipinski definition) is 0. The highest BCUT2D eigenvalue weighted by molar-refractivity contribution is 9.09. The molecule has 0 fully saturated rings. The molecule has 1 atom stereocenters. The summed E-state index contributed by atoms with van der Waals surface area (Å²) in [6.07, 6.45) is 0. The molecule has 2 rings (SSSR count). The van der Waals surface area contributed by atoms with E-state index in [9.17, 15) is 4.79 Å². The van der Waals surface area contributed by atoms with Crippen LogP contribution in [-0.2, 0) is 9.53 Å². The Morgan fingerprint density at radius 3 is 2.35 bits per heavy atom. The number of pyridine rings is 1. The number of hydrogen-bond acceptors (Lipinski definition) is 3. The van der Waals surface area contributed by atoms with Crippen LogP contribution in [0.5, 0.6) is 0 Å². The normalized spacial score (nSPS) is 12.2. The Hall–Kier alpha value is -1.42. The zero-order chi connectivity index (χ0) is 15.2. The molecule has 0 spiro atoms. The molecule has 4 heteroatoms. The van der Waals surface area contributed by atoms with Crippen LogP contribution in [0, 0.1) is 0 Å². The van der Waals surface area contributed by atoms with Gasteiger partial charge >= 0.3 is 0 Å². The van der Waals surface area contributed by atoms with Crippen LogP contribution in [0.2, 0.25) is 0 Å². The Kier molecular flexibility index (Phi) is 6.14. The zero-order valence-corrected chi connectivity index (χ0v) is 13.8. The molecule has 1 heterocycles. The third-order valence-electron chi connectivity index (χ3n) is 2.43. The third-order valence-corrected chi connectivity index (χ3v) is 2.90. The first-order chi connectivity index (χ1) is 9.33. The highest BCUT2D eigenvalue weighted by atomic mass is 79.9. The second-order valence-corrected chi connectivity index (χ2v) is 6.74. The highest BCUT2D eigenvalue weighted by Gasteiger charge is 2.07. The van der Waals surface area contributed by atoms with E-state index in [2.05, 4.69) is 50.8 Å². The molecule has 0 N–H and O–H groups in total. The molecule has 0 aliphatic rings. The van der Waals surface area contributed by atoms with E-state index in [1.807, 2.05) is 39.0 Å². The fraction of sp³-hybridized carbons (Fsp3) is 0.375. The molecule has 1 aromatic heterocycles. The van der Waals surface area contributed by atoms with E-state index in [0.29, 0.717) is 11.3 Å². The van der Waals surface area contributed by atoms with Crippen LogP contribution < -0.4 is 0 Å². The van der Waals surface area contributed by atoms with Crippen molar-refractivity contribution in [2.24, 2.45) is 0 Å². The summed E-state index contributed by atoms with van der Waals surface area (Å²) < 4.78 is 4.55. The number of benzene rings is 1. The molecule has 0 saturated heterocycles. The van der Waals surface area contributed by atoms with Crippen molar-refractivity contribution in [1.82, 2.24) is 4.98 Å². The minimum absolute atomic E-state index is 0.317. The summed E-state index contributed by atoms with van der Waals surface area (Å²) in [5, 5.41) is 1.19. The number of ether oxygens (including phenoxy) is 1. The minimum atomic E-state index is -0.318. The molecule has 0 aliphatic heterocycles. The van der Waals surface area contributed by atoms with Crippen LogP contribution in [-0.4, -0.2) is 17.1 Å². The minimum Gasteiger partial charge on any atom is -0.462 e. The average Bonchev–Trinajstić information content (AvgIpc) is 2.37. The van der Waals surface area contributed by atoms with Gasteiger partial charge in [0, 0.05) is 5.39 Å². The molecule has 0 amide bonds. The predicted octanol–water partition coefficient (Wildman–Crippen LogP) is 4.65. The molecule has 20 heavy (non-hydrogen) atoms. The number of rotatable bonds is 2. The first-order valence-corrected chi connectivity index (χ1v) is 7.36. The van der Waals surface area contributed by atoms with Gasteiger partial charge in [-0.3, -0.25) is 9.78 Å². The molecule has 0 aliphatic carbocycles. The molecule has 3 nitrogen and oxygen atoms in total. The van der Waals surface area contributed by atoms with Gasteiger partial charge in [-0.2, -0.15) is 0 Å². The monoisotopic (exact) mass is 337 g/mol. The van der Waals surface area contributed by atoms with Crippen molar-refractivity contribution in [3.05, 3.63) is 42.1 Å². The van der Waals surface area contributed by atoms with Crippen LogP contribution in [0.1, 0.15) is 38.2 Å². The summed E-state index contributed by atoms with van der Waals surface area (Å²) in [4.78, 5) is 14.4. The number of nitrogens with zero attached hydrogens (tertiary/aromatic N) is 1. The van der Waals surface area contributed by atoms with Crippen LogP contribution in [0.4, 0.5) is 0 Å². The lowest BCUT2D eigenvalue weighted by Crippen LogP contribution is -2.17. The second-order valence-electron chi connectivity index (χ2n) is 5.37. The summed E-state index contributed by atoms with van der Waals surface area (Å²) in [6.45, 7) is 8.00. The summed E-state index contributed by atoms with van der Waals surface area (Å²) >= 11 is 3.51. The molecule has 2 aromatic rings. The smallest absolute Gasteiger partial charge is 0.293 e. The van der Waals surface area contributed by atoms with Gasteiger partial charge in [-0.25, -0.2) is 0 Å². The number of fused-ring (bicyclic) bond motifs is 1. The first-order valence-electron chi connectivity index (χ1n) is 6.45. The fourth-order valence-electron chi connectivity index (χ4n) is 1.45. The van der Waals surface area contributed by atoms with Gasteiger partial charge in [0.15, 0.2) is 0 Å². The molecule has 0 radical (unpaired) electrons. The summed E-state index contributed by atoms with van der Waals surface area (Å²) in [7, 11) is 0. The largest absolute Gasteiger partial charge is 0.462 e. The highest BCUT2D eigenvalue weighted by Crippen LogP contribution is 2.21. The first kappa shape index (κ1) is 16.6. The number of para-hydroxylation sites is 1. The van der Waals surface area contributed by atoms with Crippen molar-refractivity contribution in [1.29, 1.82) is 0 Å². The van der Waals surface area contributed by atoms with Gasteiger partial charge in [0.05, 0.1) is 16.0 Å². The lowest BCUT2D eigenvalue weighted by atomic mass is 10.2. The Labute approximate surface area is 128 Å². The molecular weight excluding hydrogens is 318 g/mol. The van der Waals surface area contributed by atoms with Crippen molar-refractivity contribution >= 4 is 33.3 Å². The molecular formula is C16H20BrNO2. The van der Waals surface area contributed by atoms with E-state index in [1.165, 1.54) is 5.39 Å². The van der Waals surface area contributed by atoms with Gasteiger partial charge in [-0.1, -0.05) is 40.2 Å². The van der Waals surface area contributed by atoms with Crippen molar-refractivity contribution in [3.63, 3.8) is 0 Å². The summed E-state index contributed by atoms with van der Waals surface area (Å²) in [6, 6.07) is 12.3. The summed E-state index contributed by atoms with van der Waals surface area (Å²) in [5.41, 5.74) is 1.83. The third kappa shape index (κ3) is 5.70.